The first-order valence-corrected chi connectivity index (χ1v) is 9.83. The molecule has 0 aromatic heterocycles. The molecule has 0 aliphatic carbocycles. The number of anilines is 2. The Kier molecular flexibility index (Phi) is 7.38. The molecule has 0 unspecified atom stereocenters. The summed E-state index contributed by atoms with van der Waals surface area (Å²) < 4.78 is 64.0. The minimum atomic E-state index is -3.10. The molecule has 3 rings (SSSR count). The molecule has 0 spiro atoms. The van der Waals surface area contributed by atoms with Crippen molar-refractivity contribution in [2.24, 2.45) is 0 Å². The summed E-state index contributed by atoms with van der Waals surface area (Å²) in [6.07, 6.45) is -6.06. The normalized spacial score (nSPS) is 19.2. The number of alkyl halides is 2. The number of Topliss-reactive ketones (excluding diaryl/α,β-unsaturated/α-hetero) is 1. The van der Waals surface area contributed by atoms with Gasteiger partial charge in [-0.3, -0.25) is 9.69 Å². The lowest BCUT2D eigenvalue weighted by Gasteiger charge is -2.24. The number of carbonyl (C=O) groups excluding carboxylic acids is 3. The molecule has 0 bridgehead atoms. The minimum absolute atomic E-state index is 0.0967. The zero-order valence-corrected chi connectivity index (χ0v) is 17.2. The van der Waals surface area contributed by atoms with Gasteiger partial charge in [0.25, 0.3) is 6.43 Å². The molecule has 176 valence electrons. The van der Waals surface area contributed by atoms with Gasteiger partial charge in [0.05, 0.1) is 25.9 Å². The fourth-order valence-corrected chi connectivity index (χ4v) is 3.53. The van der Waals surface area contributed by atoms with Crippen molar-refractivity contribution in [2.45, 2.75) is 25.4 Å². The van der Waals surface area contributed by atoms with Crippen LogP contribution in [0.3, 0.4) is 0 Å². The van der Waals surface area contributed by atoms with Crippen molar-refractivity contribution in [1.82, 2.24) is 10.4 Å². The summed E-state index contributed by atoms with van der Waals surface area (Å²) in [5, 5.41) is 1.20. The number of benzene rings is 1. The van der Waals surface area contributed by atoms with E-state index in [1.54, 1.807) is 0 Å². The topological polar surface area (TPSA) is 91.4 Å². The largest absolute Gasteiger partial charge is 0.452 e. The van der Waals surface area contributed by atoms with Gasteiger partial charge in [-0.1, -0.05) is 0 Å². The first kappa shape index (κ1) is 23.6. The zero-order valence-electron chi connectivity index (χ0n) is 17.2. The molecule has 32 heavy (non-hydrogen) atoms. The molecule has 0 saturated carbocycles. The summed E-state index contributed by atoms with van der Waals surface area (Å²) >= 11 is 0. The maximum atomic E-state index is 14.9. The van der Waals surface area contributed by atoms with Crippen LogP contribution in [0.5, 0.6) is 0 Å². The van der Waals surface area contributed by atoms with Gasteiger partial charge in [-0.15, -0.1) is 0 Å². The van der Waals surface area contributed by atoms with Crippen molar-refractivity contribution in [3.63, 3.8) is 0 Å². The number of methoxy groups -OCH3 is 1. The SMILES string of the molecule is COC(=O)N1CCN(c2c(F)cc(N3C[C@H](CCC(=O)C(F)F)OC3=O)cc2F)CCN1. The highest BCUT2D eigenvalue weighted by molar-refractivity contribution is 5.90. The highest BCUT2D eigenvalue weighted by atomic mass is 19.3. The number of ketones is 1. The van der Waals surface area contributed by atoms with Gasteiger partial charge in [-0.05, 0) is 6.42 Å². The Labute approximate surface area is 180 Å². The number of cyclic esters (lactones) is 1. The number of rotatable bonds is 6. The molecule has 2 aliphatic heterocycles. The highest BCUT2D eigenvalue weighted by Gasteiger charge is 2.34. The van der Waals surface area contributed by atoms with Crippen LogP contribution in [0.1, 0.15) is 12.8 Å². The Bertz CT molecular complexity index is 864. The maximum absolute atomic E-state index is 14.9. The smallest absolute Gasteiger partial charge is 0.424 e. The number of ether oxygens (including phenoxy) is 2. The lowest BCUT2D eigenvalue weighted by molar-refractivity contribution is -0.129. The van der Waals surface area contributed by atoms with E-state index in [9.17, 15) is 31.9 Å². The number of amides is 2. The number of hydrogen-bond acceptors (Lipinski definition) is 7. The fraction of sp³-hybridized carbons (Fsp3) is 0.526. The molecule has 1 aromatic carbocycles. The van der Waals surface area contributed by atoms with Gasteiger partial charge in [0, 0.05) is 38.2 Å². The van der Waals surface area contributed by atoms with E-state index in [4.69, 9.17) is 4.74 Å². The van der Waals surface area contributed by atoms with Crippen LogP contribution < -0.4 is 15.2 Å². The Morgan fingerprint density at radius 2 is 1.91 bits per heavy atom. The molecule has 1 N–H and O–H groups in total. The van der Waals surface area contributed by atoms with Crippen LogP contribution in [0, 0.1) is 11.6 Å². The number of carbonyl (C=O) groups is 3. The van der Waals surface area contributed by atoms with Crippen LogP contribution in [-0.2, 0) is 14.3 Å². The predicted molar refractivity (Wildman–Crippen MR) is 104 cm³/mol. The van der Waals surface area contributed by atoms with Gasteiger partial charge >= 0.3 is 12.2 Å². The number of hydrazine groups is 1. The average molecular weight is 462 g/mol. The van der Waals surface area contributed by atoms with Crippen molar-refractivity contribution >= 4 is 29.3 Å². The Morgan fingerprint density at radius 3 is 2.53 bits per heavy atom. The molecule has 2 fully saturated rings. The average Bonchev–Trinajstić information content (AvgIpc) is 2.95. The zero-order chi connectivity index (χ0) is 23.4. The second-order valence-corrected chi connectivity index (χ2v) is 7.20. The van der Waals surface area contributed by atoms with Gasteiger partial charge in [0.2, 0.25) is 0 Å². The van der Waals surface area contributed by atoms with E-state index in [0.717, 1.165) is 17.0 Å². The van der Waals surface area contributed by atoms with Crippen LogP contribution in [0.25, 0.3) is 0 Å². The molecule has 2 saturated heterocycles. The summed E-state index contributed by atoms with van der Waals surface area (Å²) in [4.78, 5) is 37.2. The standard InChI is InChI=1S/C19H22F4N4O5/c1-31-19(30)27-7-6-25(5-4-24-27)16-13(20)8-11(9-14(16)21)26-10-12(32-18(26)29)2-3-15(28)17(22)23/h8-9,12,17,24H,2-7,10H2,1H3/t12-/m0/s1. The minimum Gasteiger partial charge on any atom is -0.452 e. The highest BCUT2D eigenvalue weighted by Crippen LogP contribution is 2.31. The Morgan fingerprint density at radius 1 is 1.22 bits per heavy atom. The van der Waals surface area contributed by atoms with Gasteiger partial charge in [-0.2, -0.15) is 0 Å². The molecule has 1 atom stereocenters. The lowest BCUT2D eigenvalue weighted by atomic mass is 10.1. The third-order valence-electron chi connectivity index (χ3n) is 5.13. The molecule has 2 aliphatic rings. The Hall–Kier alpha value is -3.09. The van der Waals surface area contributed by atoms with Crippen molar-refractivity contribution < 1.29 is 41.4 Å². The van der Waals surface area contributed by atoms with Gasteiger partial charge < -0.3 is 14.4 Å². The van der Waals surface area contributed by atoms with Crippen LogP contribution in [0.15, 0.2) is 12.1 Å². The molecular formula is C19H22F4N4O5. The van der Waals surface area contributed by atoms with Crippen molar-refractivity contribution in [3.8, 4) is 0 Å². The number of nitrogens with zero attached hydrogens (tertiary/aromatic N) is 3. The van der Waals surface area contributed by atoms with Crippen LogP contribution in [0.2, 0.25) is 0 Å². The maximum Gasteiger partial charge on any atom is 0.424 e. The van der Waals surface area contributed by atoms with E-state index >= 15 is 0 Å². The summed E-state index contributed by atoms with van der Waals surface area (Å²) in [5.74, 6) is -3.11. The molecule has 2 amide bonds. The first-order valence-electron chi connectivity index (χ1n) is 9.83. The molecule has 1 aromatic rings. The summed E-state index contributed by atoms with van der Waals surface area (Å²) in [6, 6.07) is 1.95. The predicted octanol–water partition coefficient (Wildman–Crippen LogP) is 2.30. The van der Waals surface area contributed by atoms with E-state index in [2.05, 4.69) is 10.2 Å². The quantitative estimate of drug-likeness (QED) is 0.649. The third-order valence-corrected chi connectivity index (χ3v) is 5.13. The van der Waals surface area contributed by atoms with Crippen molar-refractivity contribution in [1.29, 1.82) is 0 Å². The fourth-order valence-electron chi connectivity index (χ4n) is 3.53. The van der Waals surface area contributed by atoms with Gasteiger partial charge in [0.15, 0.2) is 17.4 Å². The van der Waals surface area contributed by atoms with Crippen LogP contribution in [-0.4, -0.2) is 75.3 Å². The van der Waals surface area contributed by atoms with Crippen LogP contribution >= 0.6 is 0 Å². The first-order chi connectivity index (χ1) is 15.2. The van der Waals surface area contributed by atoms with E-state index in [1.165, 1.54) is 17.0 Å². The number of hydrogen-bond donors (Lipinski definition) is 1. The van der Waals surface area contributed by atoms with E-state index < -0.39 is 48.6 Å². The number of nitrogens with one attached hydrogen (secondary N) is 1. The Balaban J connectivity index is 1.70. The van der Waals surface area contributed by atoms with E-state index in [-0.39, 0.29) is 50.5 Å². The van der Waals surface area contributed by atoms with E-state index in [0.29, 0.717) is 0 Å². The molecule has 2 heterocycles. The summed E-state index contributed by atoms with van der Waals surface area (Å²) in [6.45, 7) is 0.543. The van der Waals surface area contributed by atoms with Gasteiger partial charge in [0.1, 0.15) is 11.8 Å². The lowest BCUT2D eigenvalue weighted by Crippen LogP contribution is -2.43. The molecular weight excluding hydrogens is 440 g/mol. The van der Waals surface area contributed by atoms with Crippen LogP contribution in [0.4, 0.5) is 38.5 Å². The third kappa shape index (κ3) is 5.21. The summed E-state index contributed by atoms with van der Waals surface area (Å²) in [7, 11) is 1.22. The number of halogens is 4. The van der Waals surface area contributed by atoms with Crippen molar-refractivity contribution in [3.05, 3.63) is 23.8 Å². The second-order valence-electron chi connectivity index (χ2n) is 7.20. The van der Waals surface area contributed by atoms with E-state index in [1.807, 2.05) is 0 Å². The van der Waals surface area contributed by atoms with Gasteiger partial charge in [-0.25, -0.2) is 37.6 Å². The molecule has 13 heteroatoms. The van der Waals surface area contributed by atoms with Crippen molar-refractivity contribution in [2.75, 3.05) is 49.6 Å². The summed E-state index contributed by atoms with van der Waals surface area (Å²) in [5.41, 5.74) is 2.39. The monoisotopic (exact) mass is 462 g/mol. The second kappa shape index (κ2) is 10.0. The molecule has 9 nitrogen and oxygen atoms in total. The molecule has 0 radical (unpaired) electrons.